The molecule has 178 valence electrons. The van der Waals surface area contributed by atoms with Crippen LogP contribution < -0.4 is 5.32 Å². The Balaban J connectivity index is 1.51. The van der Waals surface area contributed by atoms with Gasteiger partial charge >= 0.3 is 0 Å². The summed E-state index contributed by atoms with van der Waals surface area (Å²) >= 11 is 0. The van der Waals surface area contributed by atoms with Gasteiger partial charge in [0.1, 0.15) is 0 Å². The number of nitrogens with one attached hydrogen (secondary N) is 1. The first-order chi connectivity index (χ1) is 16.7. The Bertz CT molecular complexity index is 1080. The third kappa shape index (κ3) is 4.79. The summed E-state index contributed by atoms with van der Waals surface area (Å²) in [6, 6.07) is 20.4. The molecule has 1 saturated heterocycles. The molecule has 3 atom stereocenters. The van der Waals surface area contributed by atoms with Crippen LogP contribution in [0.1, 0.15) is 54.2 Å². The average Bonchev–Trinajstić information content (AvgIpc) is 3.20. The van der Waals surface area contributed by atoms with E-state index in [1.54, 1.807) is 6.33 Å². The minimum absolute atomic E-state index is 0.0249. The number of rotatable bonds is 5. The number of nitrogens with zero attached hydrogens (tertiary/aromatic N) is 3. The van der Waals surface area contributed by atoms with Gasteiger partial charge in [-0.3, -0.25) is 4.79 Å². The number of amides is 1. The molecule has 1 aliphatic carbocycles. The maximum Gasteiger partial charge on any atom is 0.275 e. The number of aromatic nitrogens is 2. The molecule has 0 bridgehead atoms. The molecule has 5 rings (SSSR count). The molecule has 1 aliphatic heterocycles. The van der Waals surface area contributed by atoms with Crippen molar-refractivity contribution in [2.45, 2.75) is 56.7 Å². The maximum absolute atomic E-state index is 14.0. The molecule has 1 amide bonds. The monoisotopic (exact) mass is 458 g/mol. The fraction of sp³-hybridized carbons (Fsp3) is 0.429. The van der Waals surface area contributed by atoms with Crippen LogP contribution in [0.5, 0.6) is 0 Å². The zero-order valence-corrected chi connectivity index (χ0v) is 19.6. The Kier molecular flexibility index (Phi) is 7.07. The molecule has 2 heterocycles. The fourth-order valence-electron chi connectivity index (χ4n) is 5.48. The lowest BCUT2D eigenvalue weighted by Gasteiger charge is -2.36. The molecule has 2 aromatic carbocycles. The first-order valence-electron chi connectivity index (χ1n) is 12.6. The van der Waals surface area contributed by atoms with Crippen LogP contribution in [0.4, 0.5) is 0 Å². The summed E-state index contributed by atoms with van der Waals surface area (Å²) in [6.07, 6.45) is 7.11. The lowest BCUT2D eigenvalue weighted by atomic mass is 10.0. The van der Waals surface area contributed by atoms with Crippen LogP contribution in [0, 0.1) is 0 Å². The third-order valence-electron chi connectivity index (χ3n) is 7.27. The second kappa shape index (κ2) is 10.5. The zero-order chi connectivity index (χ0) is 23.3. The molecule has 1 aromatic heterocycles. The highest BCUT2D eigenvalue weighted by Gasteiger charge is 2.33. The zero-order valence-electron chi connectivity index (χ0n) is 19.6. The van der Waals surface area contributed by atoms with Crippen LogP contribution in [-0.2, 0) is 6.42 Å². The molecule has 1 saturated carbocycles. The van der Waals surface area contributed by atoms with Crippen molar-refractivity contribution in [2.24, 2.45) is 0 Å². The second-order valence-corrected chi connectivity index (χ2v) is 9.53. The van der Waals surface area contributed by atoms with Crippen molar-refractivity contribution in [3.8, 4) is 11.3 Å². The first kappa shape index (κ1) is 22.8. The van der Waals surface area contributed by atoms with Gasteiger partial charge in [0.25, 0.3) is 5.91 Å². The molecule has 6 heteroatoms. The van der Waals surface area contributed by atoms with Crippen LogP contribution in [0.25, 0.3) is 11.3 Å². The van der Waals surface area contributed by atoms with Crippen molar-refractivity contribution >= 4 is 5.91 Å². The van der Waals surface area contributed by atoms with Crippen molar-refractivity contribution in [3.05, 3.63) is 78.2 Å². The molecule has 0 spiro atoms. The Labute approximate surface area is 201 Å². The van der Waals surface area contributed by atoms with Gasteiger partial charge in [-0.15, -0.1) is 0 Å². The van der Waals surface area contributed by atoms with E-state index in [1.807, 2.05) is 53.4 Å². The van der Waals surface area contributed by atoms with Gasteiger partial charge in [0.15, 0.2) is 5.69 Å². The van der Waals surface area contributed by atoms with Gasteiger partial charge in [-0.25, -0.2) is 4.98 Å². The number of piperazine rings is 1. The summed E-state index contributed by atoms with van der Waals surface area (Å²) in [4.78, 5) is 20.7. The first-order valence-corrected chi connectivity index (χ1v) is 12.6. The Morgan fingerprint density at radius 1 is 1.00 bits per heavy atom. The molecule has 2 N–H and O–H groups in total. The van der Waals surface area contributed by atoms with E-state index in [1.165, 1.54) is 5.56 Å². The molecular weight excluding hydrogens is 424 g/mol. The smallest absolute Gasteiger partial charge is 0.275 e. The van der Waals surface area contributed by atoms with E-state index in [9.17, 15) is 9.90 Å². The van der Waals surface area contributed by atoms with E-state index in [2.05, 4.69) is 27.0 Å². The predicted octanol–water partition coefficient (Wildman–Crippen LogP) is 4.07. The number of benzene rings is 2. The Morgan fingerprint density at radius 3 is 2.53 bits per heavy atom. The van der Waals surface area contributed by atoms with Gasteiger partial charge in [-0.2, -0.15) is 0 Å². The number of hydrogen-bond donors (Lipinski definition) is 2. The maximum atomic E-state index is 14.0. The van der Waals surface area contributed by atoms with Gasteiger partial charge < -0.3 is 19.9 Å². The van der Waals surface area contributed by atoms with Crippen LogP contribution in [-0.4, -0.2) is 57.2 Å². The number of carbonyl (C=O) groups is 1. The summed E-state index contributed by atoms with van der Waals surface area (Å²) in [5.74, 6) is -0.0249. The number of imidazole rings is 1. The highest BCUT2D eigenvalue weighted by molar-refractivity contribution is 5.98. The van der Waals surface area contributed by atoms with Crippen LogP contribution >= 0.6 is 0 Å². The summed E-state index contributed by atoms with van der Waals surface area (Å²) in [7, 11) is 0. The predicted molar refractivity (Wildman–Crippen MR) is 134 cm³/mol. The van der Waals surface area contributed by atoms with Gasteiger partial charge in [-0.1, -0.05) is 79.9 Å². The van der Waals surface area contributed by atoms with E-state index < -0.39 is 6.10 Å². The molecule has 6 nitrogen and oxygen atoms in total. The van der Waals surface area contributed by atoms with Gasteiger partial charge in [0.2, 0.25) is 0 Å². The van der Waals surface area contributed by atoms with Crippen LogP contribution in [0.3, 0.4) is 0 Å². The van der Waals surface area contributed by atoms with Crippen molar-refractivity contribution in [2.75, 3.05) is 19.6 Å². The number of carbonyl (C=O) groups excluding carboxylic acids is 1. The number of aliphatic hydroxyl groups excluding tert-OH is 1. The van der Waals surface area contributed by atoms with Crippen molar-refractivity contribution in [1.29, 1.82) is 0 Å². The lowest BCUT2D eigenvalue weighted by molar-refractivity contribution is 0.0630. The molecule has 3 aromatic rings. The summed E-state index contributed by atoms with van der Waals surface area (Å²) < 4.78 is 2.08. The molecule has 0 unspecified atom stereocenters. The average molecular weight is 459 g/mol. The quantitative estimate of drug-likeness (QED) is 0.566. The normalized spacial score (nSPS) is 23.4. The van der Waals surface area contributed by atoms with Gasteiger partial charge in [-0.05, 0) is 24.8 Å². The third-order valence-corrected chi connectivity index (χ3v) is 7.27. The minimum atomic E-state index is -0.424. The lowest BCUT2D eigenvalue weighted by Crippen LogP contribution is -2.54. The largest absolute Gasteiger partial charge is 0.391 e. The van der Waals surface area contributed by atoms with E-state index in [-0.39, 0.29) is 18.0 Å². The molecular formula is C28H34N4O2. The molecule has 0 radical (unpaired) electrons. The van der Waals surface area contributed by atoms with Crippen molar-refractivity contribution < 1.29 is 9.90 Å². The number of aliphatic hydroxyl groups is 1. The van der Waals surface area contributed by atoms with Gasteiger partial charge in [0, 0.05) is 31.2 Å². The van der Waals surface area contributed by atoms with E-state index >= 15 is 0 Å². The Morgan fingerprint density at radius 2 is 1.74 bits per heavy atom. The van der Waals surface area contributed by atoms with Crippen molar-refractivity contribution in [3.63, 3.8) is 0 Å². The summed E-state index contributed by atoms with van der Waals surface area (Å²) in [6.45, 7) is 2.20. The molecule has 2 aliphatic rings. The number of hydrogen-bond acceptors (Lipinski definition) is 4. The van der Waals surface area contributed by atoms with Crippen LogP contribution in [0.2, 0.25) is 0 Å². The SMILES string of the molecule is O=C(c1ncn([C@@H]2CCCCC[C@H]2O)c1-c1ccccc1)N1CCNC[C@H]1Cc1ccccc1. The second-order valence-electron chi connectivity index (χ2n) is 9.53. The highest BCUT2D eigenvalue weighted by Crippen LogP contribution is 2.34. The fourth-order valence-corrected chi connectivity index (χ4v) is 5.48. The van der Waals surface area contributed by atoms with Crippen LogP contribution in [0.15, 0.2) is 67.0 Å². The minimum Gasteiger partial charge on any atom is -0.391 e. The summed E-state index contributed by atoms with van der Waals surface area (Å²) in [5.41, 5.74) is 3.51. The van der Waals surface area contributed by atoms with E-state index in [0.29, 0.717) is 12.2 Å². The standard InChI is InChI=1S/C28H34N4O2/c33-25-15-9-3-8-14-24(25)32-20-30-26(27(32)22-12-6-2-7-13-22)28(34)31-17-16-29-19-23(31)18-21-10-4-1-5-11-21/h1-2,4-7,10-13,20,23-25,29,33H,3,8-9,14-19H2/t23-,24-,25-/m1/s1. The highest BCUT2D eigenvalue weighted by atomic mass is 16.3. The molecule has 2 fully saturated rings. The van der Waals surface area contributed by atoms with E-state index in [4.69, 9.17) is 0 Å². The van der Waals surface area contributed by atoms with E-state index in [0.717, 1.165) is 62.9 Å². The van der Waals surface area contributed by atoms with Crippen molar-refractivity contribution in [1.82, 2.24) is 19.8 Å². The summed E-state index contributed by atoms with van der Waals surface area (Å²) in [5, 5.41) is 14.4. The van der Waals surface area contributed by atoms with Gasteiger partial charge in [0.05, 0.1) is 24.2 Å². The topological polar surface area (TPSA) is 70.4 Å². The molecule has 34 heavy (non-hydrogen) atoms. The Hall–Kier alpha value is -2.96.